The van der Waals surface area contributed by atoms with E-state index in [0.29, 0.717) is 15.4 Å². The van der Waals surface area contributed by atoms with Crippen molar-refractivity contribution in [3.05, 3.63) is 94.1 Å². The Morgan fingerprint density at radius 2 is 1.61 bits per heavy atom. The van der Waals surface area contributed by atoms with Gasteiger partial charge >= 0.3 is 0 Å². The number of carbonyl (C=O) groups excluding carboxylic acids is 1. The first kappa shape index (κ1) is 21.2. The molecule has 1 aliphatic rings. The molecule has 1 N–H and O–H groups in total. The van der Waals surface area contributed by atoms with E-state index in [0.717, 1.165) is 30.0 Å². The Hall–Kier alpha value is -3.04. The third-order valence-corrected chi connectivity index (χ3v) is 7.31. The summed E-state index contributed by atoms with van der Waals surface area (Å²) < 4.78 is 66.2. The first-order chi connectivity index (χ1) is 14.7. The molecule has 9 heteroatoms. The summed E-state index contributed by atoms with van der Waals surface area (Å²) in [4.78, 5) is 13.2. The monoisotopic (exact) mass is 461 g/mol. The molecular weight excluding hydrogens is 447 g/mol. The molecule has 0 saturated heterocycles. The number of halogens is 3. The number of carbonyl (C=O) groups is 1. The number of anilines is 1. The molecule has 0 unspecified atom stereocenters. The maximum Gasteiger partial charge on any atom is 0.262 e. The van der Waals surface area contributed by atoms with Crippen molar-refractivity contribution in [1.82, 2.24) is 0 Å². The van der Waals surface area contributed by atoms with Crippen LogP contribution in [0.5, 0.6) is 0 Å². The fraction of sp³-hybridized carbons (Fsp3) is 0.0455. The molecule has 0 saturated carbocycles. The van der Waals surface area contributed by atoms with Crippen molar-refractivity contribution in [2.45, 2.75) is 15.5 Å². The first-order valence-corrected chi connectivity index (χ1v) is 11.5. The first-order valence-electron chi connectivity index (χ1n) is 8.99. The van der Waals surface area contributed by atoms with Crippen LogP contribution in [0.2, 0.25) is 0 Å². The lowest BCUT2D eigenvalue weighted by molar-refractivity contribution is -0.112. The summed E-state index contributed by atoms with van der Waals surface area (Å²) >= 11 is 1.13. The Labute approximate surface area is 180 Å². The van der Waals surface area contributed by atoms with Gasteiger partial charge in [0.05, 0.1) is 21.2 Å². The number of hydrogen-bond acceptors (Lipinski definition) is 4. The summed E-state index contributed by atoms with van der Waals surface area (Å²) in [7, 11) is -4.07. The highest BCUT2D eigenvalue weighted by atomic mass is 32.2. The van der Waals surface area contributed by atoms with Crippen LogP contribution in [0.4, 0.5) is 18.9 Å². The van der Waals surface area contributed by atoms with Gasteiger partial charge in [0.15, 0.2) is 9.84 Å². The zero-order valence-corrected chi connectivity index (χ0v) is 17.4. The van der Waals surface area contributed by atoms with Crippen LogP contribution in [-0.4, -0.2) is 14.3 Å². The minimum Gasteiger partial charge on any atom is -0.320 e. The standard InChI is InChI=1S/C22H14F3NO3S2/c23-14-6-4-13(5-7-14)10-21-22(27)26-19-11-15(8-9-20(19)30-21)31(28,29)12-16-17(24)2-1-3-18(16)25/h1-11H,12H2,(H,26,27)/b21-10-. The van der Waals surface area contributed by atoms with E-state index in [1.54, 1.807) is 6.08 Å². The predicted molar refractivity (Wildman–Crippen MR) is 113 cm³/mol. The van der Waals surface area contributed by atoms with Gasteiger partial charge in [-0.05, 0) is 54.1 Å². The lowest BCUT2D eigenvalue weighted by Crippen LogP contribution is -2.18. The molecule has 1 heterocycles. The van der Waals surface area contributed by atoms with Crippen LogP contribution in [-0.2, 0) is 20.4 Å². The molecule has 1 amide bonds. The van der Waals surface area contributed by atoms with Crippen LogP contribution < -0.4 is 5.32 Å². The molecule has 0 aliphatic carbocycles. The van der Waals surface area contributed by atoms with E-state index in [-0.39, 0.29) is 10.6 Å². The van der Waals surface area contributed by atoms with E-state index in [1.165, 1.54) is 42.5 Å². The van der Waals surface area contributed by atoms with E-state index < -0.39 is 44.5 Å². The van der Waals surface area contributed by atoms with Crippen LogP contribution >= 0.6 is 11.8 Å². The van der Waals surface area contributed by atoms with Crippen molar-refractivity contribution >= 4 is 39.3 Å². The van der Waals surface area contributed by atoms with Crippen molar-refractivity contribution in [3.8, 4) is 0 Å². The van der Waals surface area contributed by atoms with Crippen molar-refractivity contribution in [2.24, 2.45) is 0 Å². The Morgan fingerprint density at radius 1 is 0.935 bits per heavy atom. The molecule has 0 fully saturated rings. The third kappa shape index (κ3) is 4.52. The molecule has 31 heavy (non-hydrogen) atoms. The van der Waals surface area contributed by atoms with Gasteiger partial charge in [-0.1, -0.05) is 30.0 Å². The molecule has 0 radical (unpaired) electrons. The summed E-state index contributed by atoms with van der Waals surface area (Å²) in [6.45, 7) is 0. The number of hydrogen-bond donors (Lipinski definition) is 1. The number of benzene rings is 3. The molecule has 1 aliphatic heterocycles. The summed E-state index contributed by atoms with van der Waals surface area (Å²) in [6, 6.07) is 12.9. The van der Waals surface area contributed by atoms with Crippen LogP contribution in [0.1, 0.15) is 11.1 Å². The van der Waals surface area contributed by atoms with Gasteiger partial charge in [0, 0.05) is 10.5 Å². The van der Waals surface area contributed by atoms with Gasteiger partial charge in [-0.3, -0.25) is 4.79 Å². The van der Waals surface area contributed by atoms with Crippen LogP contribution in [0, 0.1) is 17.5 Å². The second kappa shape index (κ2) is 8.24. The number of fused-ring (bicyclic) bond motifs is 1. The van der Waals surface area contributed by atoms with E-state index in [9.17, 15) is 26.4 Å². The molecule has 0 atom stereocenters. The molecule has 4 rings (SSSR count). The predicted octanol–water partition coefficient (Wildman–Crippen LogP) is 5.16. The van der Waals surface area contributed by atoms with Crippen molar-refractivity contribution in [1.29, 1.82) is 0 Å². The van der Waals surface area contributed by atoms with Crippen molar-refractivity contribution in [3.63, 3.8) is 0 Å². The molecule has 158 valence electrons. The summed E-state index contributed by atoms with van der Waals surface area (Å²) in [5, 5.41) is 2.63. The molecule has 0 spiro atoms. The van der Waals surface area contributed by atoms with E-state index in [2.05, 4.69) is 5.32 Å². The van der Waals surface area contributed by atoms with Gasteiger partial charge in [0.2, 0.25) is 0 Å². The molecule has 3 aromatic rings. The Balaban J connectivity index is 1.62. The van der Waals surface area contributed by atoms with Gasteiger partial charge in [-0.2, -0.15) is 0 Å². The molecule has 3 aromatic carbocycles. The quantitative estimate of drug-likeness (QED) is 0.545. The highest BCUT2D eigenvalue weighted by Gasteiger charge is 2.25. The Morgan fingerprint density at radius 3 is 2.29 bits per heavy atom. The third-order valence-electron chi connectivity index (χ3n) is 4.57. The maximum absolute atomic E-state index is 13.9. The fourth-order valence-corrected chi connectivity index (χ4v) is 5.31. The molecule has 4 nitrogen and oxygen atoms in total. The van der Waals surface area contributed by atoms with Crippen LogP contribution in [0.3, 0.4) is 0 Å². The smallest absolute Gasteiger partial charge is 0.262 e. The average Bonchev–Trinajstić information content (AvgIpc) is 2.72. The van der Waals surface area contributed by atoms with Gasteiger partial charge < -0.3 is 5.32 Å². The van der Waals surface area contributed by atoms with Crippen LogP contribution in [0.25, 0.3) is 6.08 Å². The van der Waals surface area contributed by atoms with Crippen LogP contribution in [0.15, 0.2) is 75.4 Å². The molecule has 0 aromatic heterocycles. The van der Waals surface area contributed by atoms with Gasteiger partial charge in [-0.25, -0.2) is 21.6 Å². The summed E-state index contributed by atoms with van der Waals surface area (Å²) in [6.07, 6.45) is 1.59. The molecule has 0 bridgehead atoms. The minimum absolute atomic E-state index is 0.166. The number of amides is 1. The maximum atomic E-state index is 13.9. The highest BCUT2D eigenvalue weighted by Crippen LogP contribution is 2.40. The lowest BCUT2D eigenvalue weighted by Gasteiger charge is -2.19. The van der Waals surface area contributed by atoms with Crippen molar-refractivity contribution < 1.29 is 26.4 Å². The van der Waals surface area contributed by atoms with E-state index >= 15 is 0 Å². The Kier molecular flexibility index (Phi) is 5.63. The van der Waals surface area contributed by atoms with E-state index in [1.807, 2.05) is 0 Å². The Bertz CT molecular complexity index is 1300. The summed E-state index contributed by atoms with van der Waals surface area (Å²) in [5.74, 6) is -3.57. The largest absolute Gasteiger partial charge is 0.320 e. The normalized spacial score (nSPS) is 14.9. The average molecular weight is 461 g/mol. The summed E-state index contributed by atoms with van der Waals surface area (Å²) in [5.41, 5.74) is 0.373. The number of rotatable bonds is 4. The van der Waals surface area contributed by atoms with Gasteiger partial charge in [-0.15, -0.1) is 0 Å². The van der Waals surface area contributed by atoms with Gasteiger partial charge in [0.1, 0.15) is 17.5 Å². The second-order valence-electron chi connectivity index (χ2n) is 6.73. The second-order valence-corrected chi connectivity index (χ2v) is 9.81. The minimum atomic E-state index is -4.07. The number of nitrogens with one attached hydrogen (secondary N) is 1. The zero-order chi connectivity index (χ0) is 22.2. The van der Waals surface area contributed by atoms with Gasteiger partial charge in [0.25, 0.3) is 5.91 Å². The number of sulfone groups is 1. The molecular formula is C22H14F3NO3S2. The highest BCUT2D eigenvalue weighted by molar-refractivity contribution is 8.04. The number of thioether (sulfide) groups is 1. The SMILES string of the molecule is O=C1Nc2cc(S(=O)(=O)Cc3c(F)cccc3F)ccc2S/C1=C\c1ccc(F)cc1. The topological polar surface area (TPSA) is 63.2 Å². The lowest BCUT2D eigenvalue weighted by atomic mass is 10.2. The fourth-order valence-electron chi connectivity index (χ4n) is 2.99. The van der Waals surface area contributed by atoms with E-state index in [4.69, 9.17) is 0 Å². The zero-order valence-electron chi connectivity index (χ0n) is 15.7. The van der Waals surface area contributed by atoms with Crippen molar-refractivity contribution in [2.75, 3.05) is 5.32 Å².